The number of carbonyl (C=O) groups is 1. The number of phenols is 1. The molecular formula is C22H16Cl2N2O5S. The number of hydrogen-bond acceptors (Lipinski definition) is 7. The molecule has 0 amide bonds. The second-order valence-electron chi connectivity index (χ2n) is 7.65. The van der Waals surface area contributed by atoms with Crippen LogP contribution in [0.25, 0.3) is 6.08 Å². The van der Waals surface area contributed by atoms with Gasteiger partial charge in [-0.25, -0.2) is 4.99 Å². The summed E-state index contributed by atoms with van der Waals surface area (Å²) in [6.07, 6.45) is 1.51. The smallest absolute Gasteiger partial charge is 0.317 e. The van der Waals surface area contributed by atoms with Crippen LogP contribution in [0.1, 0.15) is 24.1 Å². The predicted octanol–water partition coefficient (Wildman–Crippen LogP) is 2.87. The van der Waals surface area contributed by atoms with E-state index >= 15 is 0 Å². The summed E-state index contributed by atoms with van der Waals surface area (Å²) in [5, 5.41) is 10.7. The van der Waals surface area contributed by atoms with E-state index in [0.717, 1.165) is 11.3 Å². The maximum atomic E-state index is 13.5. The quantitative estimate of drug-likeness (QED) is 0.557. The summed E-state index contributed by atoms with van der Waals surface area (Å²) < 4.78 is 13.0. The Kier molecular flexibility index (Phi) is 4.85. The predicted molar refractivity (Wildman–Crippen MR) is 120 cm³/mol. The van der Waals surface area contributed by atoms with E-state index in [4.69, 9.17) is 32.7 Å². The highest BCUT2D eigenvalue weighted by atomic mass is 35.5. The van der Waals surface area contributed by atoms with Crippen LogP contribution < -0.4 is 19.6 Å². The number of thiazole rings is 1. The van der Waals surface area contributed by atoms with Crippen molar-refractivity contribution in [1.29, 1.82) is 0 Å². The van der Waals surface area contributed by atoms with Gasteiger partial charge in [-0.05, 0) is 31.2 Å². The van der Waals surface area contributed by atoms with E-state index in [1.807, 2.05) is 18.2 Å². The van der Waals surface area contributed by atoms with E-state index < -0.39 is 23.7 Å². The fraction of sp³-hybridized carbons (Fsp3) is 0.227. The van der Waals surface area contributed by atoms with Gasteiger partial charge in [-0.3, -0.25) is 14.2 Å². The van der Waals surface area contributed by atoms with Crippen molar-refractivity contribution in [2.75, 3.05) is 7.11 Å². The number of halogens is 2. The molecule has 0 unspecified atom stereocenters. The zero-order valence-corrected chi connectivity index (χ0v) is 19.2. The number of hydrogen-bond donors (Lipinski definition) is 1. The Morgan fingerprint density at radius 1 is 1.34 bits per heavy atom. The molecule has 2 aliphatic heterocycles. The molecule has 0 aliphatic carbocycles. The average Bonchev–Trinajstić information content (AvgIpc) is 3.04. The van der Waals surface area contributed by atoms with Crippen molar-refractivity contribution >= 4 is 46.6 Å². The molecule has 3 aromatic rings. The lowest BCUT2D eigenvalue weighted by Gasteiger charge is -2.44. The summed E-state index contributed by atoms with van der Waals surface area (Å²) in [5.41, 5.74) is -0.616. The van der Waals surface area contributed by atoms with Crippen LogP contribution in [0.2, 0.25) is 10.0 Å². The summed E-state index contributed by atoms with van der Waals surface area (Å²) in [4.78, 5) is 31.4. The molecule has 3 atom stereocenters. The fourth-order valence-corrected chi connectivity index (χ4v) is 5.87. The van der Waals surface area contributed by atoms with Gasteiger partial charge in [0.1, 0.15) is 17.4 Å². The number of benzene rings is 2. The first-order valence-corrected chi connectivity index (χ1v) is 11.2. The van der Waals surface area contributed by atoms with Gasteiger partial charge in [0.2, 0.25) is 5.72 Å². The highest BCUT2D eigenvalue weighted by Crippen LogP contribution is 2.47. The lowest BCUT2D eigenvalue weighted by atomic mass is 9.81. The van der Waals surface area contributed by atoms with E-state index in [1.165, 1.54) is 29.9 Å². The van der Waals surface area contributed by atoms with Gasteiger partial charge in [0, 0.05) is 16.1 Å². The summed E-state index contributed by atoms with van der Waals surface area (Å²) >= 11 is 13.2. The molecule has 0 spiro atoms. The Morgan fingerprint density at radius 3 is 2.84 bits per heavy atom. The number of nitrogens with zero attached hydrogens (tertiary/aromatic N) is 2. The molecule has 0 saturated carbocycles. The Hall–Kier alpha value is -2.81. The Bertz CT molecular complexity index is 1460. The molecule has 0 fully saturated rings. The van der Waals surface area contributed by atoms with Crippen molar-refractivity contribution in [2.24, 2.45) is 10.9 Å². The van der Waals surface area contributed by atoms with E-state index in [2.05, 4.69) is 4.99 Å². The molecule has 10 heteroatoms. The number of fused-ring (bicyclic) bond motifs is 6. The van der Waals surface area contributed by atoms with E-state index in [9.17, 15) is 14.7 Å². The van der Waals surface area contributed by atoms with E-state index in [1.54, 1.807) is 13.0 Å². The molecule has 5 rings (SSSR count). The summed E-state index contributed by atoms with van der Waals surface area (Å²) in [6.45, 7) is 1.71. The first-order chi connectivity index (χ1) is 15.2. The highest BCUT2D eigenvalue weighted by Gasteiger charge is 2.55. The molecule has 2 aliphatic rings. The lowest BCUT2D eigenvalue weighted by Crippen LogP contribution is -2.58. The van der Waals surface area contributed by atoms with Crippen LogP contribution in [0.4, 0.5) is 0 Å². The van der Waals surface area contributed by atoms with Crippen LogP contribution in [0.3, 0.4) is 0 Å². The number of ether oxygens (including phenoxy) is 2. The van der Waals surface area contributed by atoms with Crippen molar-refractivity contribution in [3.05, 3.63) is 77.3 Å². The minimum absolute atomic E-state index is 0.0753. The van der Waals surface area contributed by atoms with Gasteiger partial charge in [-0.1, -0.05) is 52.7 Å². The Balaban J connectivity index is 1.81. The van der Waals surface area contributed by atoms with Crippen molar-refractivity contribution in [3.63, 3.8) is 0 Å². The average molecular weight is 491 g/mol. The number of methoxy groups -OCH3 is 1. The van der Waals surface area contributed by atoms with Crippen molar-refractivity contribution in [2.45, 2.75) is 18.7 Å². The standard InChI is InChI=1S/C22H16Cl2N2O5S/c1-22-16(20(29)30-2)17(12-5-3-4-6-14(12)31-22)26-19(28)15(32-21(26)25-22)8-10-7-11(23)9-13(24)18(10)27/h3-9,16-17,27H,1-2H3/b15-8+/t16-,17-,22-/m1/s1. The van der Waals surface area contributed by atoms with Gasteiger partial charge in [0.25, 0.3) is 5.56 Å². The molecule has 1 N–H and O–H groups in total. The zero-order chi connectivity index (χ0) is 22.8. The molecule has 1 aromatic heterocycles. The van der Waals surface area contributed by atoms with Crippen LogP contribution in [0, 0.1) is 5.92 Å². The van der Waals surface area contributed by atoms with Gasteiger partial charge in [-0.15, -0.1) is 0 Å². The van der Waals surface area contributed by atoms with Crippen LogP contribution in [-0.2, 0) is 9.53 Å². The van der Waals surface area contributed by atoms with Gasteiger partial charge in [0.15, 0.2) is 4.80 Å². The minimum atomic E-state index is -1.25. The third-order valence-corrected chi connectivity index (χ3v) is 7.17. The number of rotatable bonds is 2. The maximum absolute atomic E-state index is 13.5. The zero-order valence-electron chi connectivity index (χ0n) is 16.8. The summed E-state index contributed by atoms with van der Waals surface area (Å²) in [5.74, 6) is -1.01. The first kappa shape index (κ1) is 21.1. The first-order valence-electron chi connectivity index (χ1n) is 9.60. The Labute approximate surface area is 195 Å². The molecule has 32 heavy (non-hydrogen) atoms. The number of aromatic nitrogens is 1. The lowest BCUT2D eigenvalue weighted by molar-refractivity contribution is -0.158. The second-order valence-corrected chi connectivity index (χ2v) is 9.50. The number of phenolic OH excluding ortho intramolecular Hbond substituents is 1. The molecule has 3 heterocycles. The SMILES string of the molecule is COC(=O)[C@H]1[C@H]2c3ccccc3O[C@@]1(C)N=c1s/c(=C/c3cc(Cl)cc(Cl)c3O)c(=O)n12. The fourth-order valence-electron chi connectivity index (χ4n) is 4.27. The number of carbonyl (C=O) groups excluding carboxylic acids is 1. The topological polar surface area (TPSA) is 90.1 Å². The number of aromatic hydroxyl groups is 1. The molecule has 0 radical (unpaired) electrons. The van der Waals surface area contributed by atoms with Gasteiger partial charge in [-0.2, -0.15) is 0 Å². The van der Waals surface area contributed by atoms with Crippen LogP contribution in [0.5, 0.6) is 11.5 Å². The molecule has 2 aromatic carbocycles. The monoisotopic (exact) mass is 490 g/mol. The molecule has 7 nitrogen and oxygen atoms in total. The summed E-state index contributed by atoms with van der Waals surface area (Å²) in [6, 6.07) is 9.51. The number of esters is 1. The van der Waals surface area contributed by atoms with Crippen LogP contribution in [-0.4, -0.2) is 28.5 Å². The summed E-state index contributed by atoms with van der Waals surface area (Å²) in [7, 11) is 1.30. The molecular weight excluding hydrogens is 475 g/mol. The van der Waals surface area contributed by atoms with E-state index in [0.29, 0.717) is 31.2 Å². The van der Waals surface area contributed by atoms with Crippen molar-refractivity contribution in [3.8, 4) is 11.5 Å². The van der Waals surface area contributed by atoms with E-state index in [-0.39, 0.29) is 16.3 Å². The van der Waals surface area contributed by atoms with Gasteiger partial charge >= 0.3 is 5.97 Å². The largest absolute Gasteiger partial charge is 0.506 e. The highest BCUT2D eigenvalue weighted by molar-refractivity contribution is 7.07. The number of para-hydroxylation sites is 1. The molecule has 0 saturated heterocycles. The van der Waals surface area contributed by atoms with Gasteiger partial charge < -0.3 is 14.6 Å². The third-order valence-electron chi connectivity index (χ3n) is 5.68. The molecule has 2 bridgehead atoms. The van der Waals surface area contributed by atoms with Crippen LogP contribution >= 0.6 is 34.5 Å². The van der Waals surface area contributed by atoms with Crippen molar-refractivity contribution in [1.82, 2.24) is 4.57 Å². The Morgan fingerprint density at radius 2 is 2.09 bits per heavy atom. The van der Waals surface area contributed by atoms with Crippen molar-refractivity contribution < 1.29 is 19.4 Å². The maximum Gasteiger partial charge on any atom is 0.317 e. The third kappa shape index (κ3) is 3.05. The second kappa shape index (κ2) is 7.37. The molecule has 164 valence electrons. The minimum Gasteiger partial charge on any atom is -0.506 e. The normalized spacial score (nSPS) is 23.6. The van der Waals surface area contributed by atoms with Gasteiger partial charge in [0.05, 0.1) is 22.7 Å². The van der Waals surface area contributed by atoms with Crippen LogP contribution in [0.15, 0.2) is 46.2 Å².